The van der Waals surface area contributed by atoms with Crippen LogP contribution in [0.15, 0.2) is 36.4 Å². The second kappa shape index (κ2) is 10.5. The molecule has 0 atom stereocenters. The standard InChI is InChI=1S/C24H27N5O2.ClH/c1-16-3-4-19(12-22(16)31-2)14-26-23-21-11-18(13-25)5-6-20(21)24(28-27-23)29-9-7-17(15-30)8-10-29;/h3-6,11-12,17,30H,7-10,14-15H2,1-2H3,(H,26,27);1H. The van der Waals surface area contributed by atoms with Gasteiger partial charge in [0.25, 0.3) is 0 Å². The van der Waals surface area contributed by atoms with Crippen LogP contribution < -0.4 is 15.0 Å². The maximum absolute atomic E-state index is 9.42. The van der Waals surface area contributed by atoms with Crippen LogP contribution in [0.2, 0.25) is 0 Å². The molecule has 0 saturated carbocycles. The second-order valence-corrected chi connectivity index (χ2v) is 8.01. The van der Waals surface area contributed by atoms with Crippen LogP contribution in [-0.2, 0) is 6.54 Å². The van der Waals surface area contributed by atoms with E-state index >= 15 is 0 Å². The lowest BCUT2D eigenvalue weighted by atomic mass is 9.97. The van der Waals surface area contributed by atoms with Crippen molar-refractivity contribution in [2.45, 2.75) is 26.3 Å². The summed E-state index contributed by atoms with van der Waals surface area (Å²) in [6, 6.07) is 14.0. The van der Waals surface area contributed by atoms with Crippen LogP contribution >= 0.6 is 12.4 Å². The molecular weight excluding hydrogens is 426 g/mol. The Morgan fingerprint density at radius 3 is 2.62 bits per heavy atom. The van der Waals surface area contributed by atoms with Crippen molar-refractivity contribution < 1.29 is 9.84 Å². The highest BCUT2D eigenvalue weighted by Gasteiger charge is 2.22. The molecule has 1 saturated heterocycles. The van der Waals surface area contributed by atoms with Gasteiger partial charge in [0.15, 0.2) is 11.6 Å². The summed E-state index contributed by atoms with van der Waals surface area (Å²) in [5.41, 5.74) is 2.75. The van der Waals surface area contributed by atoms with E-state index in [0.717, 1.165) is 59.4 Å². The number of hydrogen-bond acceptors (Lipinski definition) is 7. The molecule has 7 nitrogen and oxygen atoms in total. The van der Waals surface area contributed by atoms with E-state index in [1.54, 1.807) is 7.11 Å². The topological polar surface area (TPSA) is 94.3 Å². The van der Waals surface area contributed by atoms with Crippen molar-refractivity contribution in [1.29, 1.82) is 5.26 Å². The molecule has 1 aliphatic heterocycles. The van der Waals surface area contributed by atoms with E-state index in [2.05, 4.69) is 32.5 Å². The number of methoxy groups -OCH3 is 1. The third kappa shape index (κ3) is 4.87. The van der Waals surface area contributed by atoms with E-state index in [9.17, 15) is 10.4 Å². The molecule has 1 aliphatic rings. The van der Waals surface area contributed by atoms with Gasteiger partial charge in [-0.1, -0.05) is 12.1 Å². The Bertz CT molecular complexity index is 1120. The van der Waals surface area contributed by atoms with Crippen molar-refractivity contribution in [3.05, 3.63) is 53.1 Å². The van der Waals surface area contributed by atoms with Crippen molar-refractivity contribution in [1.82, 2.24) is 10.2 Å². The highest BCUT2D eigenvalue weighted by atomic mass is 35.5. The van der Waals surface area contributed by atoms with Gasteiger partial charge in [-0.25, -0.2) is 0 Å². The van der Waals surface area contributed by atoms with E-state index in [-0.39, 0.29) is 19.0 Å². The van der Waals surface area contributed by atoms with E-state index in [0.29, 0.717) is 23.8 Å². The van der Waals surface area contributed by atoms with Crippen LogP contribution in [0.4, 0.5) is 11.6 Å². The first-order valence-electron chi connectivity index (χ1n) is 10.6. The monoisotopic (exact) mass is 453 g/mol. The average Bonchev–Trinajstić information content (AvgIpc) is 2.83. The van der Waals surface area contributed by atoms with Crippen molar-refractivity contribution in [3.8, 4) is 11.8 Å². The maximum atomic E-state index is 9.42. The number of piperidine rings is 1. The minimum atomic E-state index is 0. The van der Waals surface area contributed by atoms with Crippen LogP contribution in [0.1, 0.15) is 29.5 Å². The summed E-state index contributed by atoms with van der Waals surface area (Å²) in [4.78, 5) is 2.22. The fraction of sp³-hybridized carbons (Fsp3) is 0.375. The number of nitrogens with one attached hydrogen (secondary N) is 1. The first-order valence-corrected chi connectivity index (χ1v) is 10.6. The first-order chi connectivity index (χ1) is 15.1. The number of benzene rings is 2. The minimum Gasteiger partial charge on any atom is -0.496 e. The summed E-state index contributed by atoms with van der Waals surface area (Å²) >= 11 is 0. The number of nitrogens with zero attached hydrogens (tertiary/aromatic N) is 4. The highest BCUT2D eigenvalue weighted by molar-refractivity contribution is 5.99. The zero-order valence-corrected chi connectivity index (χ0v) is 19.2. The third-order valence-electron chi connectivity index (χ3n) is 5.99. The molecule has 0 amide bonds. The lowest BCUT2D eigenvalue weighted by Gasteiger charge is -2.32. The zero-order chi connectivity index (χ0) is 21.8. The third-order valence-corrected chi connectivity index (χ3v) is 5.99. The molecule has 0 spiro atoms. The molecule has 2 heterocycles. The highest BCUT2D eigenvalue weighted by Crippen LogP contribution is 2.32. The summed E-state index contributed by atoms with van der Waals surface area (Å²) in [7, 11) is 1.67. The number of hydrogen-bond donors (Lipinski definition) is 2. The molecule has 1 fully saturated rings. The minimum absolute atomic E-state index is 0. The van der Waals surface area contributed by atoms with Gasteiger partial charge in [0.2, 0.25) is 0 Å². The Balaban J connectivity index is 0.00000289. The number of aromatic nitrogens is 2. The molecule has 4 rings (SSSR count). The van der Waals surface area contributed by atoms with Gasteiger partial charge in [0.05, 0.1) is 18.7 Å². The van der Waals surface area contributed by atoms with Gasteiger partial charge in [-0.15, -0.1) is 22.6 Å². The lowest BCUT2D eigenvalue weighted by molar-refractivity contribution is 0.203. The maximum Gasteiger partial charge on any atom is 0.159 e. The molecule has 0 bridgehead atoms. The summed E-state index contributed by atoms with van der Waals surface area (Å²) in [6.07, 6.45) is 1.87. The van der Waals surface area contributed by atoms with Gasteiger partial charge in [-0.05, 0) is 61.1 Å². The Labute approximate surface area is 194 Å². The van der Waals surface area contributed by atoms with Gasteiger partial charge < -0.3 is 20.1 Å². The molecule has 0 radical (unpaired) electrons. The molecule has 2 aromatic carbocycles. The summed E-state index contributed by atoms with van der Waals surface area (Å²) in [6.45, 7) is 4.49. The number of nitriles is 1. The van der Waals surface area contributed by atoms with Crippen molar-refractivity contribution in [3.63, 3.8) is 0 Å². The predicted molar refractivity (Wildman–Crippen MR) is 129 cm³/mol. The van der Waals surface area contributed by atoms with E-state index in [4.69, 9.17) is 4.74 Å². The fourth-order valence-electron chi connectivity index (χ4n) is 4.06. The van der Waals surface area contributed by atoms with Crippen molar-refractivity contribution in [2.24, 2.45) is 5.92 Å². The lowest BCUT2D eigenvalue weighted by Crippen LogP contribution is -2.35. The zero-order valence-electron chi connectivity index (χ0n) is 18.3. The largest absolute Gasteiger partial charge is 0.496 e. The molecule has 8 heteroatoms. The SMILES string of the molecule is COc1cc(CNc2nnc(N3CCC(CO)CC3)c3ccc(C#N)cc23)ccc1C.Cl. The molecule has 0 aliphatic carbocycles. The number of halogens is 1. The van der Waals surface area contributed by atoms with Crippen LogP contribution in [0, 0.1) is 24.2 Å². The Kier molecular flexibility index (Phi) is 7.73. The van der Waals surface area contributed by atoms with Gasteiger partial charge in [0, 0.05) is 37.0 Å². The number of anilines is 2. The predicted octanol–water partition coefficient (Wildman–Crippen LogP) is 4.06. The van der Waals surface area contributed by atoms with Crippen LogP contribution in [-0.4, -0.2) is 42.1 Å². The number of aliphatic hydroxyl groups is 1. The smallest absolute Gasteiger partial charge is 0.159 e. The number of fused-ring (bicyclic) bond motifs is 1. The van der Waals surface area contributed by atoms with Crippen molar-refractivity contribution >= 4 is 34.8 Å². The normalized spacial score (nSPS) is 14.0. The molecule has 168 valence electrons. The average molecular weight is 454 g/mol. The van der Waals surface area contributed by atoms with Gasteiger partial charge in [-0.2, -0.15) is 5.26 Å². The second-order valence-electron chi connectivity index (χ2n) is 8.01. The molecule has 32 heavy (non-hydrogen) atoms. The quantitative estimate of drug-likeness (QED) is 0.581. The van der Waals surface area contributed by atoms with E-state index in [1.807, 2.05) is 37.3 Å². The van der Waals surface area contributed by atoms with Gasteiger partial charge in [0.1, 0.15) is 5.75 Å². The van der Waals surface area contributed by atoms with Crippen LogP contribution in [0.3, 0.4) is 0 Å². The summed E-state index contributed by atoms with van der Waals surface area (Å²) < 4.78 is 5.42. The number of aryl methyl sites for hydroxylation is 1. The number of rotatable bonds is 6. The molecule has 1 aromatic heterocycles. The van der Waals surface area contributed by atoms with E-state index in [1.165, 1.54) is 0 Å². The summed E-state index contributed by atoms with van der Waals surface area (Å²) in [5.74, 6) is 2.69. The Morgan fingerprint density at radius 2 is 1.94 bits per heavy atom. The van der Waals surface area contributed by atoms with Crippen molar-refractivity contribution in [2.75, 3.05) is 37.0 Å². The van der Waals surface area contributed by atoms with E-state index < -0.39 is 0 Å². The molecule has 3 aromatic rings. The van der Waals surface area contributed by atoms with Crippen LogP contribution in [0.25, 0.3) is 10.8 Å². The molecule has 0 unspecified atom stereocenters. The molecular formula is C24H28ClN5O2. The van der Waals surface area contributed by atoms with Gasteiger partial charge in [-0.3, -0.25) is 0 Å². The molecule has 2 N–H and O–H groups in total. The summed E-state index contributed by atoms with van der Waals surface area (Å²) in [5, 5.41) is 33.1. The van der Waals surface area contributed by atoms with Gasteiger partial charge >= 0.3 is 0 Å². The number of ether oxygens (including phenoxy) is 1. The Hall–Kier alpha value is -3.08. The first kappa shape index (κ1) is 23.6. The number of aliphatic hydroxyl groups excluding tert-OH is 1. The fourth-order valence-corrected chi connectivity index (χ4v) is 4.06. The Morgan fingerprint density at radius 1 is 1.16 bits per heavy atom. The van der Waals surface area contributed by atoms with Crippen LogP contribution in [0.5, 0.6) is 5.75 Å².